The fraction of sp³-hybridized carbons (Fsp3) is 0.471. The summed E-state index contributed by atoms with van der Waals surface area (Å²) in [6.45, 7) is -0.430. The molecule has 1 fully saturated rings. The number of methoxy groups -OCH3 is 1. The van der Waals surface area contributed by atoms with Gasteiger partial charge in [-0.15, -0.1) is 0 Å². The van der Waals surface area contributed by atoms with Crippen LogP contribution in [0.5, 0.6) is 5.75 Å². The van der Waals surface area contributed by atoms with Crippen LogP contribution in [0.15, 0.2) is 24.3 Å². The first-order valence-corrected chi connectivity index (χ1v) is 7.80. The Balaban J connectivity index is 1.73. The predicted molar refractivity (Wildman–Crippen MR) is 86.5 cm³/mol. The Bertz CT molecular complexity index is 613. The number of esters is 1. The number of carbonyl (C=O) groups excluding carboxylic acids is 3. The van der Waals surface area contributed by atoms with Gasteiger partial charge >= 0.3 is 5.97 Å². The zero-order valence-electron chi connectivity index (χ0n) is 13.9. The van der Waals surface area contributed by atoms with Crippen molar-refractivity contribution in [3.63, 3.8) is 0 Å². The second-order valence-corrected chi connectivity index (χ2v) is 5.74. The number of hydrogen-bond donors (Lipinski definition) is 1. The number of nitrogens with zero attached hydrogens (tertiary/aromatic N) is 1. The molecular weight excluding hydrogens is 312 g/mol. The second-order valence-electron chi connectivity index (χ2n) is 5.74. The summed E-state index contributed by atoms with van der Waals surface area (Å²) >= 11 is 0. The Kier molecular flexibility index (Phi) is 6.17. The van der Waals surface area contributed by atoms with Crippen molar-refractivity contribution in [2.45, 2.75) is 25.3 Å². The average Bonchev–Trinajstić information content (AvgIpc) is 3.36. The van der Waals surface area contributed by atoms with Crippen LogP contribution >= 0.6 is 0 Å². The van der Waals surface area contributed by atoms with Crippen LogP contribution in [-0.2, 0) is 25.5 Å². The van der Waals surface area contributed by atoms with Crippen molar-refractivity contribution in [2.24, 2.45) is 0 Å². The lowest BCUT2D eigenvalue weighted by Gasteiger charge is -2.16. The summed E-state index contributed by atoms with van der Waals surface area (Å²) in [7, 11) is 3.03. The molecular formula is C17H22N2O5. The van der Waals surface area contributed by atoms with Gasteiger partial charge in [-0.05, 0) is 18.9 Å². The molecule has 0 spiro atoms. The molecule has 7 nitrogen and oxygen atoms in total. The minimum Gasteiger partial charge on any atom is -0.496 e. The molecule has 1 aromatic rings. The van der Waals surface area contributed by atoms with Crippen LogP contribution in [0.3, 0.4) is 0 Å². The molecule has 0 atom stereocenters. The lowest BCUT2D eigenvalue weighted by Crippen LogP contribution is -2.40. The number of hydrogen-bond acceptors (Lipinski definition) is 5. The van der Waals surface area contributed by atoms with Crippen LogP contribution in [0.25, 0.3) is 0 Å². The van der Waals surface area contributed by atoms with Gasteiger partial charge in [-0.2, -0.15) is 0 Å². The molecule has 2 amide bonds. The zero-order valence-corrected chi connectivity index (χ0v) is 13.9. The molecule has 1 aromatic carbocycles. The molecule has 0 radical (unpaired) electrons. The molecule has 1 saturated carbocycles. The predicted octanol–water partition coefficient (Wildman–Crippen LogP) is 0.518. The van der Waals surface area contributed by atoms with Crippen molar-refractivity contribution in [3.8, 4) is 5.75 Å². The Labute approximate surface area is 140 Å². The van der Waals surface area contributed by atoms with Crippen molar-refractivity contribution in [1.29, 1.82) is 0 Å². The van der Waals surface area contributed by atoms with Crippen LogP contribution in [0, 0.1) is 0 Å². The molecule has 130 valence electrons. The number of amides is 2. The molecule has 1 N–H and O–H groups in total. The van der Waals surface area contributed by atoms with Crippen molar-refractivity contribution in [2.75, 3.05) is 27.3 Å². The van der Waals surface area contributed by atoms with Gasteiger partial charge in [-0.25, -0.2) is 0 Å². The van der Waals surface area contributed by atoms with E-state index in [4.69, 9.17) is 9.47 Å². The van der Waals surface area contributed by atoms with E-state index in [9.17, 15) is 14.4 Å². The number of ether oxygens (including phenoxy) is 2. The van der Waals surface area contributed by atoms with E-state index in [1.165, 1.54) is 19.1 Å². The maximum atomic E-state index is 11.9. The zero-order chi connectivity index (χ0) is 17.5. The molecule has 0 aliphatic heterocycles. The molecule has 7 heteroatoms. The largest absolute Gasteiger partial charge is 0.496 e. The number of carbonyl (C=O) groups is 3. The van der Waals surface area contributed by atoms with Gasteiger partial charge in [0.15, 0.2) is 6.61 Å². The van der Waals surface area contributed by atoms with Crippen molar-refractivity contribution in [1.82, 2.24) is 10.2 Å². The standard InChI is InChI=1S/C17H22N2O5/c1-19(10-15(20)18-13-7-8-13)16(21)11-24-17(22)9-12-5-3-4-6-14(12)23-2/h3-6,13H,7-11H2,1-2H3,(H,18,20). The maximum Gasteiger partial charge on any atom is 0.310 e. The summed E-state index contributed by atoms with van der Waals surface area (Å²) in [5.41, 5.74) is 0.689. The molecule has 0 saturated heterocycles. The molecule has 0 unspecified atom stereocenters. The van der Waals surface area contributed by atoms with Gasteiger partial charge in [0.05, 0.1) is 20.1 Å². The highest BCUT2D eigenvalue weighted by Gasteiger charge is 2.24. The average molecular weight is 334 g/mol. The Morgan fingerprint density at radius 3 is 2.62 bits per heavy atom. The van der Waals surface area contributed by atoms with E-state index in [0.717, 1.165) is 12.8 Å². The van der Waals surface area contributed by atoms with Crippen molar-refractivity contribution in [3.05, 3.63) is 29.8 Å². The number of nitrogens with one attached hydrogen (secondary N) is 1. The monoisotopic (exact) mass is 334 g/mol. The van der Waals surface area contributed by atoms with Crippen LogP contribution < -0.4 is 10.1 Å². The first-order valence-electron chi connectivity index (χ1n) is 7.80. The fourth-order valence-corrected chi connectivity index (χ4v) is 2.11. The van der Waals surface area contributed by atoms with Gasteiger partial charge in [-0.3, -0.25) is 14.4 Å². The fourth-order valence-electron chi connectivity index (χ4n) is 2.11. The summed E-state index contributed by atoms with van der Waals surface area (Å²) < 4.78 is 10.1. The van der Waals surface area contributed by atoms with Gasteiger partial charge in [0.2, 0.25) is 5.91 Å². The summed E-state index contributed by atoms with van der Waals surface area (Å²) in [5.74, 6) is -0.554. The lowest BCUT2D eigenvalue weighted by molar-refractivity contribution is -0.151. The van der Waals surface area contributed by atoms with Gasteiger partial charge < -0.3 is 19.7 Å². The Morgan fingerprint density at radius 1 is 1.25 bits per heavy atom. The molecule has 0 aromatic heterocycles. The highest BCUT2D eigenvalue weighted by atomic mass is 16.5. The minimum absolute atomic E-state index is 0.0170. The van der Waals surface area contributed by atoms with Gasteiger partial charge in [0.1, 0.15) is 5.75 Å². The summed E-state index contributed by atoms with van der Waals surface area (Å²) in [6, 6.07) is 7.36. The first-order chi connectivity index (χ1) is 11.5. The summed E-state index contributed by atoms with van der Waals surface area (Å²) in [6.07, 6.45) is 2.00. The van der Waals surface area contributed by atoms with E-state index in [2.05, 4.69) is 5.32 Å². The summed E-state index contributed by atoms with van der Waals surface area (Å²) in [4.78, 5) is 36.6. The van der Waals surface area contributed by atoms with E-state index >= 15 is 0 Å². The number of benzene rings is 1. The van der Waals surface area contributed by atoms with Crippen molar-refractivity contribution < 1.29 is 23.9 Å². The van der Waals surface area contributed by atoms with Crippen LogP contribution in [0.2, 0.25) is 0 Å². The minimum atomic E-state index is -0.524. The third-order valence-corrected chi connectivity index (χ3v) is 3.63. The Morgan fingerprint density at radius 2 is 1.96 bits per heavy atom. The number of rotatable bonds is 8. The number of likely N-dealkylation sites (N-methyl/N-ethyl adjacent to an activating group) is 1. The molecule has 0 bridgehead atoms. The quantitative estimate of drug-likeness (QED) is 0.701. The van der Waals surface area contributed by atoms with E-state index in [1.54, 1.807) is 24.3 Å². The second kappa shape index (κ2) is 8.33. The topological polar surface area (TPSA) is 84.9 Å². The molecule has 1 aliphatic carbocycles. The van der Waals surface area contributed by atoms with Gasteiger partial charge in [-0.1, -0.05) is 18.2 Å². The molecule has 24 heavy (non-hydrogen) atoms. The Hall–Kier alpha value is -2.57. The van der Waals surface area contributed by atoms with Gasteiger partial charge in [0.25, 0.3) is 5.91 Å². The summed E-state index contributed by atoms with van der Waals surface area (Å²) in [5, 5.41) is 2.80. The number of para-hydroxylation sites is 1. The van der Waals surface area contributed by atoms with Crippen LogP contribution in [0.4, 0.5) is 0 Å². The van der Waals surface area contributed by atoms with Crippen LogP contribution in [0.1, 0.15) is 18.4 Å². The third-order valence-electron chi connectivity index (χ3n) is 3.63. The maximum absolute atomic E-state index is 11.9. The van der Waals surface area contributed by atoms with E-state index < -0.39 is 11.9 Å². The lowest BCUT2D eigenvalue weighted by atomic mass is 10.1. The SMILES string of the molecule is COc1ccccc1CC(=O)OCC(=O)N(C)CC(=O)NC1CC1. The van der Waals surface area contributed by atoms with Crippen LogP contribution in [-0.4, -0.2) is 56.0 Å². The van der Waals surface area contributed by atoms with Gasteiger partial charge in [0, 0.05) is 18.7 Å². The van der Waals surface area contributed by atoms with E-state index in [-0.39, 0.29) is 31.5 Å². The first kappa shape index (κ1) is 17.8. The molecule has 0 heterocycles. The molecule has 2 rings (SSSR count). The van der Waals surface area contributed by atoms with E-state index in [1.807, 2.05) is 0 Å². The van der Waals surface area contributed by atoms with E-state index in [0.29, 0.717) is 11.3 Å². The smallest absolute Gasteiger partial charge is 0.310 e. The highest BCUT2D eigenvalue weighted by molar-refractivity contribution is 5.86. The normalized spacial score (nSPS) is 13.1. The third kappa shape index (κ3) is 5.57. The van der Waals surface area contributed by atoms with Crippen molar-refractivity contribution >= 4 is 17.8 Å². The highest BCUT2D eigenvalue weighted by Crippen LogP contribution is 2.18. The molecule has 1 aliphatic rings.